The molecule has 0 aliphatic heterocycles. The first-order chi connectivity index (χ1) is 7.54. The minimum atomic E-state index is -0.817. The third-order valence-electron chi connectivity index (χ3n) is 2.53. The zero-order valence-electron chi connectivity index (χ0n) is 10.8. The molecule has 0 rings (SSSR count). The fourth-order valence-corrected chi connectivity index (χ4v) is 2.49. The third kappa shape index (κ3) is 7.12. The summed E-state index contributed by atoms with van der Waals surface area (Å²) in [5.41, 5.74) is 5.04. The Balaban J connectivity index is 3.47. The molecule has 0 heterocycles. The Kier molecular flexibility index (Phi) is 8.76. The third-order valence-corrected chi connectivity index (χ3v) is 3.68. The number of unbranched alkanes of at least 4 members (excludes halogenated alkanes) is 2. The molecule has 0 bridgehead atoms. The molecule has 0 aromatic heterocycles. The average Bonchev–Trinajstić information content (AvgIpc) is 2.26. The number of esters is 1. The van der Waals surface area contributed by atoms with Crippen molar-refractivity contribution in [2.24, 2.45) is 5.73 Å². The molecule has 1 unspecified atom stereocenters. The molecule has 0 aliphatic rings. The van der Waals surface area contributed by atoms with Gasteiger partial charge in [-0.3, -0.25) is 4.79 Å². The number of nitrogens with two attached hydrogens (primary N) is 1. The number of methoxy groups -OCH3 is 1. The summed E-state index contributed by atoms with van der Waals surface area (Å²) in [6, 6.07) is 0. The zero-order valence-corrected chi connectivity index (χ0v) is 11.6. The van der Waals surface area contributed by atoms with Crippen LogP contribution in [-0.4, -0.2) is 30.1 Å². The van der Waals surface area contributed by atoms with Crippen molar-refractivity contribution in [2.75, 3.05) is 18.6 Å². The molecule has 0 aliphatic carbocycles. The molecule has 3 nitrogen and oxygen atoms in total. The van der Waals surface area contributed by atoms with E-state index in [9.17, 15) is 4.79 Å². The molecule has 0 amide bonds. The molecule has 0 spiro atoms. The minimum absolute atomic E-state index is 0.314. The first-order valence-electron chi connectivity index (χ1n) is 5.99. The minimum Gasteiger partial charge on any atom is -0.468 e. The Morgan fingerprint density at radius 1 is 1.31 bits per heavy atom. The van der Waals surface area contributed by atoms with E-state index in [1.807, 2.05) is 11.8 Å². The van der Waals surface area contributed by atoms with Gasteiger partial charge in [0.05, 0.1) is 7.11 Å². The van der Waals surface area contributed by atoms with E-state index in [2.05, 4.69) is 11.7 Å². The molecule has 0 aromatic rings. The molecule has 0 radical (unpaired) electrons. The quantitative estimate of drug-likeness (QED) is 0.502. The second-order valence-corrected chi connectivity index (χ2v) is 5.56. The number of thioether (sulfide) groups is 1. The van der Waals surface area contributed by atoms with Gasteiger partial charge in [-0.2, -0.15) is 11.8 Å². The predicted octanol–water partition coefficient (Wildman–Crippen LogP) is 2.58. The van der Waals surface area contributed by atoms with Gasteiger partial charge in [-0.15, -0.1) is 0 Å². The Morgan fingerprint density at radius 3 is 2.50 bits per heavy atom. The van der Waals surface area contributed by atoms with E-state index < -0.39 is 5.54 Å². The number of ether oxygens (including phenoxy) is 1. The van der Waals surface area contributed by atoms with Crippen molar-refractivity contribution in [1.29, 1.82) is 0 Å². The van der Waals surface area contributed by atoms with Crippen molar-refractivity contribution in [2.45, 2.75) is 51.5 Å². The van der Waals surface area contributed by atoms with Gasteiger partial charge in [0.2, 0.25) is 0 Å². The monoisotopic (exact) mass is 247 g/mol. The molecule has 16 heavy (non-hydrogen) atoms. The highest BCUT2D eigenvalue weighted by molar-refractivity contribution is 7.99. The lowest BCUT2D eigenvalue weighted by Crippen LogP contribution is -2.45. The molecule has 96 valence electrons. The fourth-order valence-electron chi connectivity index (χ4n) is 1.38. The van der Waals surface area contributed by atoms with Crippen LogP contribution in [0.4, 0.5) is 0 Å². The van der Waals surface area contributed by atoms with E-state index in [4.69, 9.17) is 5.73 Å². The van der Waals surface area contributed by atoms with Gasteiger partial charge in [-0.1, -0.05) is 19.8 Å². The highest BCUT2D eigenvalue weighted by atomic mass is 32.2. The van der Waals surface area contributed by atoms with Gasteiger partial charge < -0.3 is 10.5 Å². The molecule has 0 fully saturated rings. The van der Waals surface area contributed by atoms with Crippen LogP contribution in [0.25, 0.3) is 0 Å². The lowest BCUT2D eigenvalue weighted by Gasteiger charge is -2.20. The molecular weight excluding hydrogens is 222 g/mol. The molecule has 2 N–H and O–H groups in total. The topological polar surface area (TPSA) is 52.3 Å². The van der Waals surface area contributed by atoms with Gasteiger partial charge in [-0.05, 0) is 37.7 Å². The summed E-state index contributed by atoms with van der Waals surface area (Å²) < 4.78 is 4.66. The van der Waals surface area contributed by atoms with Crippen LogP contribution in [0.2, 0.25) is 0 Å². The van der Waals surface area contributed by atoms with Crippen LogP contribution in [0.3, 0.4) is 0 Å². The fraction of sp³-hybridized carbons (Fsp3) is 0.917. The Hall–Kier alpha value is -0.220. The van der Waals surface area contributed by atoms with E-state index in [0.29, 0.717) is 6.42 Å². The summed E-state index contributed by atoms with van der Waals surface area (Å²) in [6.45, 7) is 3.94. The Labute approximate surface area is 103 Å². The highest BCUT2D eigenvalue weighted by Gasteiger charge is 2.28. The second-order valence-electron chi connectivity index (χ2n) is 4.33. The van der Waals surface area contributed by atoms with Crippen LogP contribution in [0, 0.1) is 0 Å². The lowest BCUT2D eigenvalue weighted by atomic mass is 9.97. The van der Waals surface area contributed by atoms with Crippen molar-refractivity contribution in [3.8, 4) is 0 Å². The Morgan fingerprint density at radius 2 is 1.94 bits per heavy atom. The van der Waals surface area contributed by atoms with Gasteiger partial charge in [0.15, 0.2) is 0 Å². The average molecular weight is 247 g/mol. The largest absolute Gasteiger partial charge is 0.468 e. The smallest absolute Gasteiger partial charge is 0.325 e. The summed E-state index contributed by atoms with van der Waals surface area (Å²) in [7, 11) is 1.38. The van der Waals surface area contributed by atoms with Gasteiger partial charge in [0.1, 0.15) is 5.54 Å². The second kappa shape index (κ2) is 8.88. The lowest BCUT2D eigenvalue weighted by molar-refractivity contribution is -0.146. The standard InChI is InChI=1S/C12H25NO2S/c1-4-5-9-16-10-7-6-8-12(2,13)11(14)15-3/h4-10,13H2,1-3H3. The summed E-state index contributed by atoms with van der Waals surface area (Å²) in [6.07, 6.45) is 5.37. The number of carbonyl (C=O) groups is 1. The number of carbonyl (C=O) groups excluding carboxylic acids is 1. The summed E-state index contributed by atoms with van der Waals surface area (Å²) in [4.78, 5) is 11.3. The SMILES string of the molecule is CCCCSCCCCC(C)(N)C(=O)OC. The number of rotatable bonds is 9. The molecule has 0 aromatic carbocycles. The van der Waals surface area contributed by atoms with E-state index in [1.54, 1.807) is 6.92 Å². The summed E-state index contributed by atoms with van der Waals surface area (Å²) in [5, 5.41) is 0. The Bertz CT molecular complexity index is 195. The molecule has 4 heteroatoms. The zero-order chi connectivity index (χ0) is 12.4. The van der Waals surface area contributed by atoms with Crippen molar-refractivity contribution < 1.29 is 9.53 Å². The van der Waals surface area contributed by atoms with E-state index >= 15 is 0 Å². The van der Waals surface area contributed by atoms with Crippen LogP contribution in [-0.2, 0) is 9.53 Å². The molecule has 0 saturated carbocycles. The summed E-state index contributed by atoms with van der Waals surface area (Å²) in [5.74, 6) is 2.09. The van der Waals surface area contributed by atoms with E-state index in [1.165, 1.54) is 25.7 Å². The first kappa shape index (κ1) is 15.8. The van der Waals surface area contributed by atoms with Gasteiger partial charge >= 0.3 is 5.97 Å². The maximum absolute atomic E-state index is 11.3. The van der Waals surface area contributed by atoms with Crippen LogP contribution < -0.4 is 5.73 Å². The van der Waals surface area contributed by atoms with Crippen LogP contribution in [0.1, 0.15) is 46.0 Å². The summed E-state index contributed by atoms with van der Waals surface area (Å²) >= 11 is 1.99. The van der Waals surface area contributed by atoms with Crippen molar-refractivity contribution in [3.63, 3.8) is 0 Å². The predicted molar refractivity (Wildman–Crippen MR) is 70.7 cm³/mol. The van der Waals surface area contributed by atoms with Crippen LogP contribution in [0.15, 0.2) is 0 Å². The molecular formula is C12H25NO2S. The van der Waals surface area contributed by atoms with Crippen molar-refractivity contribution in [3.05, 3.63) is 0 Å². The highest BCUT2D eigenvalue weighted by Crippen LogP contribution is 2.15. The van der Waals surface area contributed by atoms with Crippen LogP contribution in [0.5, 0.6) is 0 Å². The van der Waals surface area contributed by atoms with E-state index in [-0.39, 0.29) is 5.97 Å². The molecule has 1 atom stereocenters. The van der Waals surface area contributed by atoms with Gasteiger partial charge in [0, 0.05) is 0 Å². The van der Waals surface area contributed by atoms with Crippen LogP contribution >= 0.6 is 11.8 Å². The number of hydrogen-bond acceptors (Lipinski definition) is 4. The van der Waals surface area contributed by atoms with E-state index in [0.717, 1.165) is 18.6 Å². The van der Waals surface area contributed by atoms with Crippen molar-refractivity contribution >= 4 is 17.7 Å². The van der Waals surface area contributed by atoms with Crippen molar-refractivity contribution in [1.82, 2.24) is 0 Å². The maximum Gasteiger partial charge on any atom is 0.325 e. The normalized spacial score (nSPS) is 14.5. The van der Waals surface area contributed by atoms with Gasteiger partial charge in [0.25, 0.3) is 0 Å². The maximum atomic E-state index is 11.3. The first-order valence-corrected chi connectivity index (χ1v) is 7.15. The molecule has 0 saturated heterocycles. The number of hydrogen-bond donors (Lipinski definition) is 1. The van der Waals surface area contributed by atoms with Gasteiger partial charge in [-0.25, -0.2) is 0 Å².